The van der Waals surface area contributed by atoms with E-state index in [0.717, 1.165) is 0 Å². The molecule has 1 aromatic heterocycles. The number of nitrogens with zero attached hydrogens (tertiary/aromatic N) is 2. The van der Waals surface area contributed by atoms with E-state index < -0.39 is 38.6 Å². The number of hydrogen-bond acceptors (Lipinski definition) is 11. The first-order valence-electron chi connectivity index (χ1n) is 10.2. The molecule has 4 atom stereocenters. The SMILES string of the molecule is CCOP(=O)(OCC)c1nc(-c2ccccc2)oc1N(C)C[C@H](O)[C@H](O)[C@H](O)[C@@H](O)CO. The Balaban J connectivity index is 2.41. The molecule has 0 saturated carbocycles. The minimum Gasteiger partial charge on any atom is -0.419 e. The normalized spacial score (nSPS) is 15.9. The molecule has 0 unspecified atom stereocenters. The fourth-order valence-electron chi connectivity index (χ4n) is 2.97. The lowest BCUT2D eigenvalue weighted by Crippen LogP contribution is -2.49. The van der Waals surface area contributed by atoms with Crippen molar-refractivity contribution in [1.29, 1.82) is 0 Å². The van der Waals surface area contributed by atoms with Crippen molar-refractivity contribution in [2.24, 2.45) is 0 Å². The zero-order valence-corrected chi connectivity index (χ0v) is 19.1. The van der Waals surface area contributed by atoms with Gasteiger partial charge in [-0.2, -0.15) is 4.98 Å². The maximum atomic E-state index is 13.4. The van der Waals surface area contributed by atoms with Crippen molar-refractivity contribution in [2.75, 3.05) is 38.3 Å². The summed E-state index contributed by atoms with van der Waals surface area (Å²) in [5.41, 5.74) is 0.509. The molecule has 0 radical (unpaired) electrons. The molecule has 0 amide bonds. The van der Waals surface area contributed by atoms with Gasteiger partial charge in [-0.3, -0.25) is 4.57 Å². The van der Waals surface area contributed by atoms with Crippen molar-refractivity contribution in [1.82, 2.24) is 4.98 Å². The van der Waals surface area contributed by atoms with Crippen molar-refractivity contribution in [3.63, 3.8) is 0 Å². The molecule has 0 saturated heterocycles. The zero-order chi connectivity index (χ0) is 23.9. The molecule has 32 heavy (non-hydrogen) atoms. The Kier molecular flexibility index (Phi) is 9.81. The van der Waals surface area contributed by atoms with Gasteiger partial charge in [0.15, 0.2) is 0 Å². The Morgan fingerprint density at radius 1 is 1.03 bits per heavy atom. The summed E-state index contributed by atoms with van der Waals surface area (Å²) in [4.78, 5) is 5.69. The summed E-state index contributed by atoms with van der Waals surface area (Å²) in [6.07, 6.45) is -6.75. The number of aromatic nitrogens is 1. The summed E-state index contributed by atoms with van der Waals surface area (Å²) < 4.78 is 30.1. The Bertz CT molecular complexity index is 869. The van der Waals surface area contributed by atoms with E-state index in [-0.39, 0.29) is 37.0 Å². The molecular formula is C20H31N2O9P. The number of oxazole rings is 1. The van der Waals surface area contributed by atoms with E-state index in [9.17, 15) is 25.0 Å². The second-order valence-electron chi connectivity index (χ2n) is 7.03. The Labute approximate surface area is 186 Å². The molecule has 0 aliphatic rings. The Hall–Kier alpha value is -1.82. The van der Waals surface area contributed by atoms with Crippen molar-refractivity contribution < 1.29 is 43.6 Å². The smallest absolute Gasteiger partial charge is 0.385 e. The number of likely N-dealkylation sites (N-methyl/N-ethyl adjacent to an activating group) is 1. The molecule has 0 fully saturated rings. The lowest BCUT2D eigenvalue weighted by atomic mass is 10.0. The van der Waals surface area contributed by atoms with Gasteiger partial charge in [-0.1, -0.05) is 18.2 Å². The van der Waals surface area contributed by atoms with E-state index in [4.69, 9.17) is 18.6 Å². The summed E-state index contributed by atoms with van der Waals surface area (Å²) in [6, 6.07) is 8.87. The number of anilines is 1. The molecular weight excluding hydrogens is 443 g/mol. The van der Waals surface area contributed by atoms with Gasteiger partial charge in [0, 0.05) is 19.2 Å². The van der Waals surface area contributed by atoms with Gasteiger partial charge in [0.2, 0.25) is 17.2 Å². The Morgan fingerprint density at radius 3 is 2.12 bits per heavy atom. The number of benzene rings is 1. The minimum atomic E-state index is -3.88. The van der Waals surface area contributed by atoms with Gasteiger partial charge in [0.1, 0.15) is 24.4 Å². The molecule has 11 nitrogen and oxygen atoms in total. The van der Waals surface area contributed by atoms with Crippen LogP contribution in [0.3, 0.4) is 0 Å². The minimum absolute atomic E-state index is 0.0162. The first kappa shape index (κ1) is 26.4. The van der Waals surface area contributed by atoms with Crippen LogP contribution in [0.1, 0.15) is 13.8 Å². The lowest BCUT2D eigenvalue weighted by molar-refractivity contribution is -0.112. The fourth-order valence-corrected chi connectivity index (χ4v) is 4.63. The third kappa shape index (κ3) is 6.15. The molecule has 12 heteroatoms. The molecule has 0 aliphatic heterocycles. The predicted octanol–water partition coefficient (Wildman–Crippen LogP) is 0.105. The van der Waals surface area contributed by atoms with E-state index in [1.807, 2.05) is 6.07 Å². The van der Waals surface area contributed by atoms with Gasteiger partial charge in [0.05, 0.1) is 19.8 Å². The molecule has 2 rings (SSSR count). The molecule has 1 heterocycles. The quantitative estimate of drug-likeness (QED) is 0.250. The first-order valence-corrected chi connectivity index (χ1v) is 11.7. The van der Waals surface area contributed by atoms with Crippen LogP contribution in [-0.2, 0) is 13.6 Å². The third-order valence-electron chi connectivity index (χ3n) is 4.60. The number of hydrogen-bond donors (Lipinski definition) is 5. The van der Waals surface area contributed by atoms with Crippen molar-refractivity contribution in [3.05, 3.63) is 30.3 Å². The topological polar surface area (TPSA) is 166 Å². The molecule has 0 spiro atoms. The second-order valence-corrected chi connectivity index (χ2v) is 8.96. The summed E-state index contributed by atoms with van der Waals surface area (Å²) >= 11 is 0. The number of aliphatic hydroxyl groups excluding tert-OH is 5. The maximum Gasteiger partial charge on any atom is 0.385 e. The predicted molar refractivity (Wildman–Crippen MR) is 117 cm³/mol. The molecule has 1 aromatic carbocycles. The molecule has 0 aliphatic carbocycles. The second kappa shape index (κ2) is 11.9. The number of aliphatic hydroxyl groups is 5. The van der Waals surface area contributed by atoms with Crippen LogP contribution in [0.2, 0.25) is 0 Å². The zero-order valence-electron chi connectivity index (χ0n) is 18.2. The molecule has 0 bridgehead atoms. The Morgan fingerprint density at radius 2 is 1.59 bits per heavy atom. The molecule has 2 aromatic rings. The van der Waals surface area contributed by atoms with Crippen LogP contribution < -0.4 is 10.3 Å². The van der Waals surface area contributed by atoms with E-state index in [2.05, 4.69) is 4.98 Å². The monoisotopic (exact) mass is 474 g/mol. The van der Waals surface area contributed by atoms with Crippen LogP contribution in [-0.4, -0.2) is 88.3 Å². The van der Waals surface area contributed by atoms with Gasteiger partial charge < -0.3 is 43.9 Å². The van der Waals surface area contributed by atoms with Crippen molar-refractivity contribution in [2.45, 2.75) is 38.3 Å². The average molecular weight is 474 g/mol. The van der Waals surface area contributed by atoms with Crippen LogP contribution in [0, 0.1) is 0 Å². The van der Waals surface area contributed by atoms with Gasteiger partial charge in [-0.05, 0) is 26.0 Å². The summed E-state index contributed by atoms with van der Waals surface area (Å²) in [5, 5.41) is 48.8. The highest BCUT2D eigenvalue weighted by Crippen LogP contribution is 2.49. The first-order chi connectivity index (χ1) is 15.2. The van der Waals surface area contributed by atoms with Crippen LogP contribution >= 0.6 is 7.60 Å². The van der Waals surface area contributed by atoms with Crippen LogP contribution in [0.5, 0.6) is 0 Å². The van der Waals surface area contributed by atoms with E-state index in [1.165, 1.54) is 11.9 Å². The molecule has 5 N–H and O–H groups in total. The van der Waals surface area contributed by atoms with Gasteiger partial charge in [-0.25, -0.2) is 0 Å². The van der Waals surface area contributed by atoms with Crippen LogP contribution in [0.15, 0.2) is 34.7 Å². The van der Waals surface area contributed by atoms with Gasteiger partial charge in [0.25, 0.3) is 0 Å². The van der Waals surface area contributed by atoms with Crippen molar-refractivity contribution >= 4 is 18.9 Å². The van der Waals surface area contributed by atoms with Gasteiger partial charge in [-0.15, -0.1) is 0 Å². The summed E-state index contributed by atoms with van der Waals surface area (Å²) in [5.74, 6) is 0.130. The summed E-state index contributed by atoms with van der Waals surface area (Å²) in [6.45, 7) is 2.38. The van der Waals surface area contributed by atoms with E-state index in [0.29, 0.717) is 5.56 Å². The highest BCUT2D eigenvalue weighted by molar-refractivity contribution is 7.62. The van der Waals surface area contributed by atoms with Crippen LogP contribution in [0.25, 0.3) is 11.5 Å². The van der Waals surface area contributed by atoms with E-state index in [1.54, 1.807) is 38.1 Å². The van der Waals surface area contributed by atoms with E-state index >= 15 is 0 Å². The van der Waals surface area contributed by atoms with Gasteiger partial charge >= 0.3 is 7.60 Å². The highest BCUT2D eigenvalue weighted by atomic mass is 31.2. The third-order valence-corrected chi connectivity index (χ3v) is 6.61. The largest absolute Gasteiger partial charge is 0.419 e. The lowest BCUT2D eigenvalue weighted by Gasteiger charge is -2.29. The summed E-state index contributed by atoms with van der Waals surface area (Å²) in [7, 11) is -2.39. The molecule has 180 valence electrons. The standard InChI is InChI=1S/C20H31N2O9P/c1-4-29-32(28,30-5-2)19-20(31-18(21-19)13-9-7-6-8-10-13)22(3)11-14(24)16(26)17(27)15(25)12-23/h6-10,14-17,23-27H,4-5,11-12H2,1-3H3/t14-,15-,16-,17+/m0/s1. The fraction of sp³-hybridized carbons (Fsp3) is 0.550. The highest BCUT2D eigenvalue weighted by Gasteiger charge is 2.38. The van der Waals surface area contributed by atoms with Crippen molar-refractivity contribution in [3.8, 4) is 11.5 Å². The van der Waals surface area contributed by atoms with Crippen LogP contribution in [0.4, 0.5) is 5.88 Å². The average Bonchev–Trinajstić information content (AvgIpc) is 3.25. The maximum absolute atomic E-state index is 13.4. The number of rotatable bonds is 13.